The van der Waals surface area contributed by atoms with Crippen LogP contribution in [0.15, 0.2) is 48.5 Å². The summed E-state index contributed by atoms with van der Waals surface area (Å²) in [5.41, 5.74) is 1.88. The quantitative estimate of drug-likeness (QED) is 0.780. The van der Waals surface area contributed by atoms with Gasteiger partial charge in [-0.1, -0.05) is 24.3 Å². The molecular weight excluding hydrogens is 368 g/mol. The number of hydrogen-bond donors (Lipinski definition) is 1. The maximum atomic E-state index is 13.1. The highest BCUT2D eigenvalue weighted by Crippen LogP contribution is 2.37. The minimum absolute atomic E-state index is 0.0495. The highest BCUT2D eigenvalue weighted by atomic mass is 16.5. The second-order valence-electron chi connectivity index (χ2n) is 7.12. The normalized spacial score (nSPS) is 19.0. The van der Waals surface area contributed by atoms with E-state index in [1.54, 1.807) is 19.1 Å². The van der Waals surface area contributed by atoms with Gasteiger partial charge in [0.25, 0.3) is 0 Å². The van der Waals surface area contributed by atoms with Crippen molar-refractivity contribution in [1.29, 1.82) is 0 Å². The Kier molecular flexibility index (Phi) is 6.75. The van der Waals surface area contributed by atoms with Crippen LogP contribution < -0.4 is 14.8 Å². The molecule has 29 heavy (non-hydrogen) atoms. The SMILES string of the molecule is CCN1C(=O)CC[C@@H](C(=O)NCc2cccc(OC)c2)[C@@H]1c1cccc(OC)c1. The molecule has 0 spiro atoms. The van der Waals surface area contributed by atoms with Gasteiger partial charge < -0.3 is 19.7 Å². The maximum Gasteiger partial charge on any atom is 0.225 e. The minimum Gasteiger partial charge on any atom is -0.497 e. The lowest BCUT2D eigenvalue weighted by atomic mass is 9.83. The summed E-state index contributed by atoms with van der Waals surface area (Å²) in [5, 5.41) is 3.04. The molecule has 2 aromatic rings. The van der Waals surface area contributed by atoms with Crippen molar-refractivity contribution in [3.05, 3.63) is 59.7 Å². The second-order valence-corrected chi connectivity index (χ2v) is 7.12. The van der Waals surface area contributed by atoms with Crippen molar-refractivity contribution in [2.45, 2.75) is 32.4 Å². The zero-order chi connectivity index (χ0) is 20.8. The van der Waals surface area contributed by atoms with Crippen molar-refractivity contribution in [3.8, 4) is 11.5 Å². The molecule has 6 heteroatoms. The van der Waals surface area contributed by atoms with Crippen LogP contribution in [0.4, 0.5) is 0 Å². The Labute approximate surface area is 171 Å². The third-order valence-electron chi connectivity index (χ3n) is 5.42. The molecule has 1 heterocycles. The Balaban J connectivity index is 1.81. The smallest absolute Gasteiger partial charge is 0.225 e. The first-order valence-electron chi connectivity index (χ1n) is 9.91. The van der Waals surface area contributed by atoms with Gasteiger partial charge in [0.1, 0.15) is 11.5 Å². The number of carbonyl (C=O) groups excluding carboxylic acids is 2. The van der Waals surface area contributed by atoms with Gasteiger partial charge in [-0.2, -0.15) is 0 Å². The number of nitrogens with one attached hydrogen (secondary N) is 1. The molecule has 1 fully saturated rings. The Hall–Kier alpha value is -3.02. The highest BCUT2D eigenvalue weighted by molar-refractivity contribution is 5.85. The molecule has 0 unspecified atom stereocenters. The molecule has 1 aliphatic heterocycles. The maximum absolute atomic E-state index is 13.1. The summed E-state index contributed by atoms with van der Waals surface area (Å²) in [7, 11) is 3.23. The summed E-state index contributed by atoms with van der Waals surface area (Å²) in [6, 6.07) is 14.9. The molecule has 0 bridgehead atoms. The lowest BCUT2D eigenvalue weighted by Crippen LogP contribution is -2.47. The van der Waals surface area contributed by atoms with Crippen molar-refractivity contribution in [3.63, 3.8) is 0 Å². The predicted octanol–water partition coefficient (Wildman–Crippen LogP) is 3.32. The predicted molar refractivity (Wildman–Crippen MR) is 111 cm³/mol. The van der Waals surface area contributed by atoms with Crippen LogP contribution in [0.3, 0.4) is 0 Å². The fraction of sp³-hybridized carbons (Fsp3) is 0.391. The fourth-order valence-electron chi connectivity index (χ4n) is 3.94. The van der Waals surface area contributed by atoms with Gasteiger partial charge >= 0.3 is 0 Å². The van der Waals surface area contributed by atoms with Gasteiger partial charge in [0.2, 0.25) is 11.8 Å². The van der Waals surface area contributed by atoms with Crippen LogP contribution in [0.1, 0.15) is 36.9 Å². The van der Waals surface area contributed by atoms with Gasteiger partial charge in [-0.25, -0.2) is 0 Å². The number of carbonyl (C=O) groups is 2. The Morgan fingerprint density at radius 3 is 2.48 bits per heavy atom. The second kappa shape index (κ2) is 9.45. The molecule has 0 saturated carbocycles. The molecule has 2 amide bonds. The van der Waals surface area contributed by atoms with Crippen LogP contribution in [-0.4, -0.2) is 37.5 Å². The van der Waals surface area contributed by atoms with E-state index in [0.29, 0.717) is 31.7 Å². The van der Waals surface area contributed by atoms with Crippen LogP contribution in [0.5, 0.6) is 11.5 Å². The van der Waals surface area contributed by atoms with Gasteiger partial charge in [0, 0.05) is 19.5 Å². The standard InChI is InChI=1S/C23H28N2O4/c1-4-25-21(26)12-11-20(22(25)17-8-6-10-19(14-17)29-3)23(27)24-15-16-7-5-9-18(13-16)28-2/h5-10,13-14,20,22H,4,11-12,15H2,1-3H3,(H,24,27)/t20-,22+/m1/s1. The molecule has 0 aromatic heterocycles. The van der Waals surface area contributed by atoms with E-state index in [-0.39, 0.29) is 23.8 Å². The summed E-state index contributed by atoms with van der Waals surface area (Å²) >= 11 is 0. The average Bonchev–Trinajstić information content (AvgIpc) is 2.77. The number of likely N-dealkylation sites (tertiary alicyclic amines) is 1. The first-order chi connectivity index (χ1) is 14.1. The van der Waals surface area contributed by atoms with Gasteiger partial charge in [0.15, 0.2) is 0 Å². The Morgan fingerprint density at radius 2 is 1.79 bits per heavy atom. The number of methoxy groups -OCH3 is 2. The molecule has 3 rings (SSSR count). The average molecular weight is 396 g/mol. The summed E-state index contributed by atoms with van der Waals surface area (Å²) < 4.78 is 10.6. The van der Waals surface area contributed by atoms with Gasteiger partial charge in [-0.15, -0.1) is 0 Å². The summed E-state index contributed by atoms with van der Waals surface area (Å²) in [6.45, 7) is 2.92. The van der Waals surface area contributed by atoms with E-state index in [0.717, 1.165) is 16.9 Å². The van der Waals surface area contributed by atoms with E-state index >= 15 is 0 Å². The van der Waals surface area contributed by atoms with Crippen LogP contribution >= 0.6 is 0 Å². The minimum atomic E-state index is -0.314. The summed E-state index contributed by atoms with van der Waals surface area (Å²) in [5.74, 6) is 1.19. The number of piperidine rings is 1. The molecule has 1 aliphatic rings. The lowest BCUT2D eigenvalue weighted by molar-refractivity contribution is -0.143. The molecule has 1 saturated heterocycles. The highest BCUT2D eigenvalue weighted by Gasteiger charge is 2.39. The largest absolute Gasteiger partial charge is 0.497 e. The number of amides is 2. The first-order valence-corrected chi connectivity index (χ1v) is 9.91. The molecule has 154 valence electrons. The number of rotatable bonds is 7. The van der Waals surface area contributed by atoms with Crippen LogP contribution in [0.25, 0.3) is 0 Å². The molecule has 1 N–H and O–H groups in total. The molecule has 2 aromatic carbocycles. The van der Waals surface area contributed by atoms with Crippen LogP contribution in [0.2, 0.25) is 0 Å². The van der Waals surface area contributed by atoms with Gasteiger partial charge in [-0.05, 0) is 48.7 Å². The van der Waals surface area contributed by atoms with Crippen LogP contribution in [0, 0.1) is 5.92 Å². The summed E-state index contributed by atoms with van der Waals surface area (Å²) in [4.78, 5) is 27.5. The van der Waals surface area contributed by atoms with E-state index in [1.807, 2.05) is 55.5 Å². The third kappa shape index (κ3) is 4.70. The molecule has 2 atom stereocenters. The first kappa shape index (κ1) is 20.7. The van der Waals surface area contributed by atoms with E-state index < -0.39 is 0 Å². The van der Waals surface area contributed by atoms with E-state index in [9.17, 15) is 9.59 Å². The zero-order valence-electron chi connectivity index (χ0n) is 17.2. The van der Waals surface area contributed by atoms with E-state index in [1.165, 1.54) is 0 Å². The van der Waals surface area contributed by atoms with Gasteiger partial charge in [-0.3, -0.25) is 9.59 Å². The van der Waals surface area contributed by atoms with Crippen molar-refractivity contribution >= 4 is 11.8 Å². The molecule has 0 radical (unpaired) electrons. The fourth-order valence-corrected chi connectivity index (χ4v) is 3.94. The monoisotopic (exact) mass is 396 g/mol. The summed E-state index contributed by atoms with van der Waals surface area (Å²) in [6.07, 6.45) is 0.909. The topological polar surface area (TPSA) is 67.9 Å². The van der Waals surface area contributed by atoms with Crippen molar-refractivity contribution in [1.82, 2.24) is 10.2 Å². The third-order valence-corrected chi connectivity index (χ3v) is 5.42. The van der Waals surface area contributed by atoms with Crippen LogP contribution in [-0.2, 0) is 16.1 Å². The molecule has 6 nitrogen and oxygen atoms in total. The van der Waals surface area contributed by atoms with E-state index in [2.05, 4.69) is 5.32 Å². The lowest BCUT2D eigenvalue weighted by Gasteiger charge is -2.40. The van der Waals surface area contributed by atoms with Crippen molar-refractivity contribution in [2.75, 3.05) is 20.8 Å². The van der Waals surface area contributed by atoms with Gasteiger partial charge in [0.05, 0.1) is 26.2 Å². The van der Waals surface area contributed by atoms with Crippen molar-refractivity contribution < 1.29 is 19.1 Å². The Morgan fingerprint density at radius 1 is 1.10 bits per heavy atom. The zero-order valence-corrected chi connectivity index (χ0v) is 17.2. The number of hydrogen-bond acceptors (Lipinski definition) is 4. The van der Waals surface area contributed by atoms with E-state index in [4.69, 9.17) is 9.47 Å². The number of benzene rings is 2. The Bertz CT molecular complexity index is 867. The number of nitrogens with zero attached hydrogens (tertiary/aromatic N) is 1. The molecule has 0 aliphatic carbocycles. The number of ether oxygens (including phenoxy) is 2. The molecular formula is C23H28N2O4. The van der Waals surface area contributed by atoms with Crippen molar-refractivity contribution in [2.24, 2.45) is 5.92 Å².